The lowest BCUT2D eigenvalue weighted by molar-refractivity contribution is 0.0689. The summed E-state index contributed by atoms with van der Waals surface area (Å²) in [7, 11) is 0. The molecule has 1 heterocycles. The van der Waals surface area contributed by atoms with E-state index in [-0.39, 0.29) is 0 Å². The molecule has 0 saturated carbocycles. The first-order valence-electron chi connectivity index (χ1n) is 5.31. The van der Waals surface area contributed by atoms with Crippen LogP contribution in [0.5, 0.6) is 0 Å². The molecule has 6 heteroatoms. The number of aromatic carboxylic acids is 1. The van der Waals surface area contributed by atoms with Gasteiger partial charge in [-0.15, -0.1) is 11.8 Å². The number of thioether (sulfide) groups is 1. The van der Waals surface area contributed by atoms with Gasteiger partial charge < -0.3 is 5.11 Å². The van der Waals surface area contributed by atoms with Crippen LogP contribution in [0.3, 0.4) is 0 Å². The summed E-state index contributed by atoms with van der Waals surface area (Å²) in [6, 6.07) is 9.21. The maximum Gasteiger partial charge on any atom is 0.337 e. The van der Waals surface area contributed by atoms with Crippen LogP contribution in [0.1, 0.15) is 10.4 Å². The molecule has 0 aliphatic rings. The molecule has 0 radical (unpaired) electrons. The lowest BCUT2D eigenvalue weighted by atomic mass is 10.2. The first-order valence-corrected chi connectivity index (χ1v) is 8.15. The lowest BCUT2D eigenvalue weighted by Crippen LogP contribution is -2.01. The van der Waals surface area contributed by atoms with Gasteiger partial charge in [0.1, 0.15) is 5.03 Å². The summed E-state index contributed by atoms with van der Waals surface area (Å²) in [6.45, 7) is 0. The van der Waals surface area contributed by atoms with Crippen molar-refractivity contribution in [1.29, 1.82) is 0 Å². The summed E-state index contributed by atoms with van der Waals surface area (Å²) in [5.41, 5.74) is 0.338. The maximum atomic E-state index is 11.4. The molecule has 0 amide bonds. The normalized spacial score (nSPS) is 10.4. The maximum absolute atomic E-state index is 11.4. The minimum atomic E-state index is -0.912. The van der Waals surface area contributed by atoms with Crippen molar-refractivity contribution in [2.45, 2.75) is 14.8 Å². The van der Waals surface area contributed by atoms with Crippen molar-refractivity contribution in [2.75, 3.05) is 6.26 Å². The zero-order valence-corrected chi connectivity index (χ0v) is 13.2. The van der Waals surface area contributed by atoms with Crippen molar-refractivity contribution in [1.82, 2.24) is 4.98 Å². The third-order valence-electron chi connectivity index (χ3n) is 2.34. The number of carbonyl (C=O) groups is 1. The second-order valence-corrected chi connectivity index (χ2v) is 6.38. The van der Waals surface area contributed by atoms with Crippen molar-refractivity contribution >= 4 is 45.4 Å². The minimum absolute atomic E-state index is 0.338. The van der Waals surface area contributed by atoms with Crippen LogP contribution in [0.2, 0.25) is 0 Å². The van der Waals surface area contributed by atoms with E-state index in [1.54, 1.807) is 12.3 Å². The van der Waals surface area contributed by atoms with Crippen molar-refractivity contribution in [2.24, 2.45) is 0 Å². The summed E-state index contributed by atoms with van der Waals surface area (Å²) in [5.74, 6) is -0.912. The topological polar surface area (TPSA) is 50.2 Å². The smallest absolute Gasteiger partial charge is 0.337 e. The fourth-order valence-electron chi connectivity index (χ4n) is 1.51. The van der Waals surface area contributed by atoms with E-state index in [4.69, 9.17) is 0 Å². The monoisotopic (exact) mass is 355 g/mol. The quantitative estimate of drug-likeness (QED) is 0.822. The average molecular weight is 356 g/mol. The fraction of sp³-hybridized carbons (Fsp3) is 0.0769. The molecule has 98 valence electrons. The van der Waals surface area contributed by atoms with Crippen molar-refractivity contribution in [3.8, 4) is 0 Å². The third kappa shape index (κ3) is 3.52. The molecule has 1 aromatic heterocycles. The Morgan fingerprint density at radius 2 is 2.00 bits per heavy atom. The Balaban J connectivity index is 2.39. The van der Waals surface area contributed by atoms with Crippen LogP contribution < -0.4 is 0 Å². The van der Waals surface area contributed by atoms with Crippen molar-refractivity contribution in [3.05, 3.63) is 46.6 Å². The zero-order valence-electron chi connectivity index (χ0n) is 9.96. The van der Waals surface area contributed by atoms with Crippen LogP contribution in [-0.4, -0.2) is 22.3 Å². The molecular weight excluding hydrogens is 346 g/mol. The largest absolute Gasteiger partial charge is 0.478 e. The van der Waals surface area contributed by atoms with E-state index in [0.717, 1.165) is 14.4 Å². The number of nitrogens with zero attached hydrogens (tertiary/aromatic N) is 1. The van der Waals surface area contributed by atoms with Gasteiger partial charge in [-0.25, -0.2) is 9.78 Å². The van der Waals surface area contributed by atoms with E-state index in [1.165, 1.54) is 23.5 Å². The predicted octanol–water partition coefficient (Wildman–Crippen LogP) is 4.42. The fourth-order valence-corrected chi connectivity index (χ4v) is 3.34. The average Bonchev–Trinajstić information content (AvgIpc) is 2.40. The van der Waals surface area contributed by atoms with Gasteiger partial charge in [0.05, 0.1) is 5.56 Å². The van der Waals surface area contributed by atoms with Crippen LogP contribution in [-0.2, 0) is 0 Å². The standard InChI is InChI=1S/C13H10BrNO2S2/c1-18-9-3-2-4-10(12(9)13(16)17)19-11-6-5-8(14)7-15-11/h2-7H,1H3,(H,16,17). The molecule has 0 bridgehead atoms. The van der Waals surface area contributed by atoms with Crippen LogP contribution in [0, 0.1) is 0 Å². The Morgan fingerprint density at radius 1 is 1.26 bits per heavy atom. The summed E-state index contributed by atoms with van der Waals surface area (Å²) in [5, 5.41) is 10.1. The van der Waals surface area contributed by atoms with E-state index < -0.39 is 5.97 Å². The molecule has 0 unspecified atom stereocenters. The SMILES string of the molecule is CSc1cccc(Sc2ccc(Br)cn2)c1C(=O)O. The van der Waals surface area contributed by atoms with Gasteiger partial charge in [-0.2, -0.15) is 0 Å². The highest BCUT2D eigenvalue weighted by atomic mass is 79.9. The highest BCUT2D eigenvalue weighted by molar-refractivity contribution is 9.10. The van der Waals surface area contributed by atoms with E-state index >= 15 is 0 Å². The molecule has 1 aromatic carbocycles. The van der Waals surface area contributed by atoms with Gasteiger partial charge in [-0.1, -0.05) is 17.8 Å². The Morgan fingerprint density at radius 3 is 2.58 bits per heavy atom. The number of rotatable bonds is 4. The first kappa shape index (κ1) is 14.4. The molecule has 2 aromatic rings. The van der Waals surface area contributed by atoms with Crippen LogP contribution in [0.15, 0.2) is 55.8 Å². The van der Waals surface area contributed by atoms with E-state index in [1.807, 2.05) is 30.5 Å². The Hall–Kier alpha value is -0.980. The van der Waals surface area contributed by atoms with Crippen LogP contribution in [0.25, 0.3) is 0 Å². The number of hydrogen-bond acceptors (Lipinski definition) is 4. The number of benzene rings is 1. The highest BCUT2D eigenvalue weighted by Gasteiger charge is 2.16. The van der Waals surface area contributed by atoms with Gasteiger partial charge in [0.15, 0.2) is 0 Å². The Kier molecular flexibility index (Phi) is 4.90. The predicted molar refractivity (Wildman–Crippen MR) is 81.2 cm³/mol. The highest BCUT2D eigenvalue weighted by Crippen LogP contribution is 2.34. The van der Waals surface area contributed by atoms with Gasteiger partial charge in [0.25, 0.3) is 0 Å². The molecule has 3 nitrogen and oxygen atoms in total. The first-order chi connectivity index (χ1) is 9.11. The molecule has 0 saturated heterocycles. The van der Waals surface area contributed by atoms with Gasteiger partial charge in [0, 0.05) is 20.5 Å². The number of aromatic nitrogens is 1. The van der Waals surface area contributed by atoms with E-state index in [9.17, 15) is 9.90 Å². The van der Waals surface area contributed by atoms with E-state index in [0.29, 0.717) is 10.5 Å². The second-order valence-electron chi connectivity index (χ2n) is 3.56. The molecule has 0 fully saturated rings. The number of carboxylic acid groups (broad SMARTS) is 1. The lowest BCUT2D eigenvalue weighted by Gasteiger charge is -2.09. The van der Waals surface area contributed by atoms with E-state index in [2.05, 4.69) is 20.9 Å². The third-order valence-corrected chi connectivity index (χ3v) is 4.60. The molecule has 0 aliphatic heterocycles. The molecular formula is C13H10BrNO2S2. The molecule has 2 rings (SSSR count). The van der Waals surface area contributed by atoms with Crippen molar-refractivity contribution < 1.29 is 9.90 Å². The number of pyridine rings is 1. The van der Waals surface area contributed by atoms with Gasteiger partial charge >= 0.3 is 5.97 Å². The van der Waals surface area contributed by atoms with Crippen molar-refractivity contribution in [3.63, 3.8) is 0 Å². The Bertz CT molecular complexity index is 602. The molecule has 1 N–H and O–H groups in total. The summed E-state index contributed by atoms with van der Waals surface area (Å²) in [4.78, 5) is 17.1. The second kappa shape index (κ2) is 6.45. The minimum Gasteiger partial charge on any atom is -0.478 e. The molecule has 0 atom stereocenters. The van der Waals surface area contributed by atoms with Crippen LogP contribution >= 0.6 is 39.5 Å². The summed E-state index contributed by atoms with van der Waals surface area (Å²) >= 11 is 6.11. The van der Waals surface area contributed by atoms with Gasteiger partial charge in [-0.3, -0.25) is 0 Å². The summed E-state index contributed by atoms with van der Waals surface area (Å²) < 4.78 is 0.896. The van der Waals surface area contributed by atoms with Crippen LogP contribution in [0.4, 0.5) is 0 Å². The van der Waals surface area contributed by atoms with Gasteiger partial charge in [0.2, 0.25) is 0 Å². The molecule has 19 heavy (non-hydrogen) atoms. The Labute approximate surface area is 128 Å². The number of halogens is 1. The van der Waals surface area contributed by atoms with Gasteiger partial charge in [-0.05, 0) is 46.5 Å². The molecule has 0 aliphatic carbocycles. The zero-order chi connectivity index (χ0) is 13.8. The number of carboxylic acids is 1. The summed E-state index contributed by atoms with van der Waals surface area (Å²) in [6.07, 6.45) is 3.56. The molecule has 0 spiro atoms. The number of hydrogen-bond donors (Lipinski definition) is 1.